The molecule has 0 atom stereocenters. The van der Waals surface area contributed by atoms with Crippen molar-refractivity contribution in [3.05, 3.63) is 60.2 Å². The lowest BCUT2D eigenvalue weighted by Crippen LogP contribution is -2.44. The molecule has 4 rings (SSSR count). The van der Waals surface area contributed by atoms with Crippen LogP contribution in [0, 0.1) is 0 Å². The molecule has 150 valence electrons. The molecule has 0 radical (unpaired) electrons. The van der Waals surface area contributed by atoms with Crippen molar-refractivity contribution < 1.29 is 23.5 Å². The highest BCUT2D eigenvalue weighted by Gasteiger charge is 2.27. The number of nitrogens with zero attached hydrogens (tertiary/aromatic N) is 2. The minimum absolute atomic E-state index is 0.0280. The molecule has 8 heteroatoms. The predicted octanol–water partition coefficient (Wildman–Crippen LogP) is 1.59. The molecule has 3 heterocycles. The Bertz CT molecular complexity index is 1030. The zero-order valence-electron chi connectivity index (χ0n) is 15.8. The first-order valence-corrected chi connectivity index (χ1v) is 9.42. The highest BCUT2D eigenvalue weighted by molar-refractivity contribution is 6.44. The molecule has 3 aromatic rings. The summed E-state index contributed by atoms with van der Waals surface area (Å²) in [6.07, 6.45) is 3.13. The zero-order valence-corrected chi connectivity index (χ0v) is 15.8. The Hall–Kier alpha value is -3.39. The van der Waals surface area contributed by atoms with Crippen molar-refractivity contribution >= 4 is 28.5 Å². The minimum Gasteiger partial charge on any atom is -0.467 e. The Kier molecular flexibility index (Phi) is 5.44. The highest BCUT2D eigenvalue weighted by Crippen LogP contribution is 2.22. The Morgan fingerprint density at radius 1 is 1.03 bits per heavy atom. The van der Waals surface area contributed by atoms with Crippen molar-refractivity contribution in [2.45, 2.75) is 13.1 Å². The Morgan fingerprint density at radius 2 is 1.83 bits per heavy atom. The number of ether oxygens (including phenoxy) is 1. The number of nitrogens with one attached hydrogen (secondary N) is 1. The van der Waals surface area contributed by atoms with Crippen LogP contribution in [0.2, 0.25) is 0 Å². The zero-order chi connectivity index (χ0) is 20.2. The van der Waals surface area contributed by atoms with E-state index in [9.17, 15) is 14.4 Å². The van der Waals surface area contributed by atoms with Crippen molar-refractivity contribution in [1.82, 2.24) is 14.8 Å². The molecule has 1 aliphatic heterocycles. The number of furan rings is 1. The number of para-hydroxylation sites is 1. The van der Waals surface area contributed by atoms with Crippen molar-refractivity contribution in [1.29, 1.82) is 0 Å². The molecule has 1 saturated heterocycles. The molecule has 1 aliphatic rings. The van der Waals surface area contributed by atoms with Gasteiger partial charge in [0.15, 0.2) is 0 Å². The van der Waals surface area contributed by atoms with E-state index in [0.29, 0.717) is 43.0 Å². The van der Waals surface area contributed by atoms with E-state index in [4.69, 9.17) is 9.15 Å². The van der Waals surface area contributed by atoms with Crippen LogP contribution in [0.1, 0.15) is 16.1 Å². The topological polar surface area (TPSA) is 93.8 Å². The number of morpholine rings is 1. The number of aromatic nitrogens is 1. The smallest absolute Gasteiger partial charge is 0.295 e. The first-order valence-electron chi connectivity index (χ1n) is 9.42. The summed E-state index contributed by atoms with van der Waals surface area (Å²) in [4.78, 5) is 39.4. The molecule has 1 fully saturated rings. The number of ketones is 1. The SMILES string of the molecule is O=C(Cn1cc(C(=O)C(=O)N2CCOCC2)c2ccccc21)NCc1ccco1. The summed E-state index contributed by atoms with van der Waals surface area (Å²) in [7, 11) is 0. The first kappa shape index (κ1) is 18.9. The number of carbonyl (C=O) groups is 3. The van der Waals surface area contributed by atoms with Gasteiger partial charge in [-0.1, -0.05) is 18.2 Å². The number of rotatable bonds is 6. The van der Waals surface area contributed by atoms with Crippen LogP contribution >= 0.6 is 0 Å². The summed E-state index contributed by atoms with van der Waals surface area (Å²) in [5.74, 6) is -0.681. The van der Waals surface area contributed by atoms with Gasteiger partial charge < -0.3 is 23.9 Å². The summed E-state index contributed by atoms with van der Waals surface area (Å²) in [6.45, 7) is 1.97. The average molecular weight is 395 g/mol. The lowest BCUT2D eigenvalue weighted by atomic mass is 10.1. The van der Waals surface area contributed by atoms with Crippen LogP contribution in [-0.4, -0.2) is 53.4 Å². The fourth-order valence-corrected chi connectivity index (χ4v) is 3.39. The molecule has 8 nitrogen and oxygen atoms in total. The van der Waals surface area contributed by atoms with E-state index in [1.165, 1.54) is 4.90 Å². The van der Waals surface area contributed by atoms with E-state index >= 15 is 0 Å². The summed E-state index contributed by atoms with van der Waals surface area (Å²) < 4.78 is 12.1. The van der Waals surface area contributed by atoms with E-state index < -0.39 is 11.7 Å². The van der Waals surface area contributed by atoms with Gasteiger partial charge in [-0.2, -0.15) is 0 Å². The minimum atomic E-state index is -0.571. The lowest BCUT2D eigenvalue weighted by molar-refractivity contribution is -0.130. The number of Topliss-reactive ketones (excluding diaryl/α,β-unsaturated/α-hetero) is 1. The fraction of sp³-hybridized carbons (Fsp3) is 0.286. The second kappa shape index (κ2) is 8.32. The van der Waals surface area contributed by atoms with E-state index in [1.54, 1.807) is 41.3 Å². The average Bonchev–Trinajstić information content (AvgIpc) is 3.40. The van der Waals surface area contributed by atoms with E-state index in [-0.39, 0.29) is 19.0 Å². The van der Waals surface area contributed by atoms with Gasteiger partial charge in [-0.15, -0.1) is 0 Å². The van der Waals surface area contributed by atoms with Gasteiger partial charge in [-0.3, -0.25) is 14.4 Å². The predicted molar refractivity (Wildman–Crippen MR) is 104 cm³/mol. The third kappa shape index (κ3) is 4.07. The quantitative estimate of drug-likeness (QED) is 0.505. The molecule has 1 aromatic carbocycles. The van der Waals surface area contributed by atoms with Gasteiger partial charge in [-0.05, 0) is 18.2 Å². The second-order valence-corrected chi connectivity index (χ2v) is 6.78. The van der Waals surface area contributed by atoms with Crippen LogP contribution in [0.3, 0.4) is 0 Å². The number of hydrogen-bond donors (Lipinski definition) is 1. The maximum absolute atomic E-state index is 12.9. The van der Waals surface area contributed by atoms with Crippen molar-refractivity contribution in [2.75, 3.05) is 26.3 Å². The lowest BCUT2D eigenvalue weighted by Gasteiger charge is -2.25. The number of carbonyl (C=O) groups excluding carboxylic acids is 3. The molecule has 29 heavy (non-hydrogen) atoms. The van der Waals surface area contributed by atoms with Gasteiger partial charge in [0.25, 0.3) is 11.7 Å². The van der Waals surface area contributed by atoms with Crippen LogP contribution in [0.15, 0.2) is 53.3 Å². The molecule has 1 N–H and O–H groups in total. The maximum atomic E-state index is 12.9. The van der Waals surface area contributed by atoms with Crippen LogP contribution in [0.4, 0.5) is 0 Å². The molecule has 2 amide bonds. The summed E-state index contributed by atoms with van der Waals surface area (Å²) in [5, 5.41) is 3.43. The number of hydrogen-bond acceptors (Lipinski definition) is 5. The third-order valence-corrected chi connectivity index (χ3v) is 4.88. The number of benzene rings is 1. The molecule has 0 aliphatic carbocycles. The Balaban J connectivity index is 1.53. The largest absolute Gasteiger partial charge is 0.467 e. The Labute approximate surface area is 167 Å². The van der Waals surface area contributed by atoms with Crippen LogP contribution in [-0.2, 0) is 27.4 Å². The van der Waals surface area contributed by atoms with Crippen LogP contribution in [0.25, 0.3) is 10.9 Å². The normalized spacial score (nSPS) is 14.1. The van der Waals surface area contributed by atoms with Crippen molar-refractivity contribution in [2.24, 2.45) is 0 Å². The van der Waals surface area contributed by atoms with Gasteiger partial charge in [0.05, 0.1) is 31.6 Å². The van der Waals surface area contributed by atoms with Gasteiger partial charge in [0, 0.05) is 30.2 Å². The van der Waals surface area contributed by atoms with E-state index in [0.717, 1.165) is 5.52 Å². The summed E-state index contributed by atoms with van der Waals surface area (Å²) in [5.41, 5.74) is 1.02. The van der Waals surface area contributed by atoms with Crippen LogP contribution < -0.4 is 5.32 Å². The van der Waals surface area contributed by atoms with Crippen molar-refractivity contribution in [3.8, 4) is 0 Å². The standard InChI is InChI=1S/C21H21N3O5/c25-19(22-12-15-4-3-9-29-15)14-24-13-17(16-5-1-2-6-18(16)24)20(26)21(27)23-7-10-28-11-8-23/h1-6,9,13H,7-8,10-12,14H2,(H,22,25). The number of fused-ring (bicyclic) bond motifs is 1. The van der Waals surface area contributed by atoms with Gasteiger partial charge in [0.1, 0.15) is 12.3 Å². The molecule has 0 saturated carbocycles. The monoisotopic (exact) mass is 395 g/mol. The second-order valence-electron chi connectivity index (χ2n) is 6.78. The number of amides is 2. The van der Waals surface area contributed by atoms with E-state index in [1.807, 2.05) is 12.1 Å². The molecule has 0 unspecified atom stereocenters. The third-order valence-electron chi connectivity index (χ3n) is 4.88. The molecule has 2 aromatic heterocycles. The molecular weight excluding hydrogens is 374 g/mol. The summed E-state index contributed by atoms with van der Waals surface area (Å²) in [6, 6.07) is 10.8. The molecule has 0 bridgehead atoms. The van der Waals surface area contributed by atoms with Gasteiger partial charge in [0.2, 0.25) is 5.91 Å². The highest BCUT2D eigenvalue weighted by atomic mass is 16.5. The Morgan fingerprint density at radius 3 is 2.59 bits per heavy atom. The molecular formula is C21H21N3O5. The molecule has 0 spiro atoms. The summed E-state index contributed by atoms with van der Waals surface area (Å²) >= 11 is 0. The first-order chi connectivity index (χ1) is 14.1. The van der Waals surface area contributed by atoms with Crippen LogP contribution in [0.5, 0.6) is 0 Å². The fourth-order valence-electron chi connectivity index (χ4n) is 3.39. The van der Waals surface area contributed by atoms with Crippen molar-refractivity contribution in [3.63, 3.8) is 0 Å². The van der Waals surface area contributed by atoms with E-state index in [2.05, 4.69) is 5.32 Å². The van der Waals surface area contributed by atoms with Gasteiger partial charge in [-0.25, -0.2) is 0 Å². The van der Waals surface area contributed by atoms with Gasteiger partial charge >= 0.3 is 0 Å². The maximum Gasteiger partial charge on any atom is 0.295 e.